The lowest BCUT2D eigenvalue weighted by atomic mass is 9.99. The zero-order valence-electron chi connectivity index (χ0n) is 21.3. The Morgan fingerprint density at radius 1 is 0.875 bits per heavy atom. The van der Waals surface area contributed by atoms with Gasteiger partial charge in [0.1, 0.15) is 11.4 Å². The minimum atomic E-state index is -5.08. The fourth-order valence-corrected chi connectivity index (χ4v) is 4.29. The van der Waals surface area contributed by atoms with Gasteiger partial charge in [-0.2, -0.15) is 26.3 Å². The van der Waals surface area contributed by atoms with Gasteiger partial charge < -0.3 is 24.4 Å². The van der Waals surface area contributed by atoms with Gasteiger partial charge in [0, 0.05) is 39.3 Å². The molecule has 0 bridgehead atoms. The molecule has 2 N–H and O–H groups in total. The molecule has 0 aliphatic carbocycles. The molecule has 3 heterocycles. The third-order valence-electron chi connectivity index (χ3n) is 6.14. The van der Waals surface area contributed by atoms with Crippen LogP contribution in [0.2, 0.25) is 0 Å². The molecule has 0 aromatic heterocycles. The number of ether oxygens (including phenoxy) is 3. The van der Waals surface area contributed by atoms with Crippen molar-refractivity contribution in [1.29, 1.82) is 0 Å². The zero-order chi connectivity index (χ0) is 30.0. The minimum Gasteiger partial charge on any atom is -0.475 e. The lowest BCUT2D eigenvalue weighted by Gasteiger charge is -2.33. The molecular weight excluding hydrogens is 561 g/mol. The number of aliphatic carboxylic acids is 2. The van der Waals surface area contributed by atoms with Crippen LogP contribution in [0.1, 0.15) is 18.4 Å². The molecule has 1 aromatic rings. The van der Waals surface area contributed by atoms with Crippen LogP contribution >= 0.6 is 0 Å². The van der Waals surface area contributed by atoms with E-state index in [4.69, 9.17) is 34.0 Å². The number of benzene rings is 1. The molecule has 3 aliphatic rings. The molecule has 4 rings (SSSR count). The van der Waals surface area contributed by atoms with Gasteiger partial charge in [0.15, 0.2) is 0 Å². The molecule has 3 aliphatic heterocycles. The van der Waals surface area contributed by atoms with E-state index in [9.17, 15) is 30.7 Å². The van der Waals surface area contributed by atoms with Gasteiger partial charge in [0.25, 0.3) is 0 Å². The van der Waals surface area contributed by atoms with Crippen LogP contribution in [-0.4, -0.2) is 115 Å². The van der Waals surface area contributed by atoms with Crippen LogP contribution in [0.4, 0.5) is 30.7 Å². The van der Waals surface area contributed by atoms with Crippen LogP contribution < -0.4 is 0 Å². The highest BCUT2D eigenvalue weighted by Crippen LogP contribution is 2.34. The fraction of sp³-hybridized carbons (Fsp3) is 0.667. The first kappa shape index (κ1) is 33.7. The average Bonchev–Trinajstić information content (AvgIpc) is 3.13. The summed E-state index contributed by atoms with van der Waals surface area (Å²) in [7, 11) is 0. The van der Waals surface area contributed by atoms with Gasteiger partial charge in [-0.15, -0.1) is 0 Å². The van der Waals surface area contributed by atoms with Gasteiger partial charge in [-0.3, -0.25) is 9.80 Å². The van der Waals surface area contributed by atoms with Crippen molar-refractivity contribution in [2.75, 3.05) is 59.2 Å². The number of rotatable bonds is 4. The summed E-state index contributed by atoms with van der Waals surface area (Å²) in [6.07, 6.45) is -7.75. The SMILES string of the molecule is Fc1ccc(CN2CCOCC3(CCC(CN4CCOCC4)O3)C2)cc1.O=C(O)C(F)(F)F.O=C(O)C(F)(F)F. The molecule has 3 saturated heterocycles. The highest BCUT2D eigenvalue weighted by molar-refractivity contribution is 5.73. The van der Waals surface area contributed by atoms with Crippen molar-refractivity contribution in [2.45, 2.75) is 43.4 Å². The zero-order valence-corrected chi connectivity index (χ0v) is 21.3. The normalized spacial score (nSPS) is 24.3. The summed E-state index contributed by atoms with van der Waals surface area (Å²) in [5, 5.41) is 14.2. The first-order valence-corrected chi connectivity index (χ1v) is 12.2. The van der Waals surface area contributed by atoms with E-state index in [0.29, 0.717) is 6.61 Å². The van der Waals surface area contributed by atoms with Crippen LogP contribution in [0, 0.1) is 5.82 Å². The van der Waals surface area contributed by atoms with E-state index in [1.165, 1.54) is 12.1 Å². The molecule has 40 heavy (non-hydrogen) atoms. The molecule has 1 spiro atoms. The number of hydrogen-bond acceptors (Lipinski definition) is 7. The predicted octanol–water partition coefficient (Wildman–Crippen LogP) is 3.17. The van der Waals surface area contributed by atoms with Crippen LogP contribution in [-0.2, 0) is 30.3 Å². The largest absolute Gasteiger partial charge is 0.490 e. The molecule has 2 unspecified atom stereocenters. The number of carboxylic acid groups (broad SMARTS) is 2. The molecule has 0 saturated carbocycles. The second kappa shape index (κ2) is 14.9. The summed E-state index contributed by atoms with van der Waals surface area (Å²) >= 11 is 0. The van der Waals surface area contributed by atoms with Crippen molar-refractivity contribution in [2.24, 2.45) is 0 Å². The molecule has 9 nitrogen and oxygen atoms in total. The molecule has 2 atom stereocenters. The van der Waals surface area contributed by atoms with Crippen LogP contribution in [0.3, 0.4) is 0 Å². The number of carboxylic acids is 2. The molecule has 16 heteroatoms. The molecule has 3 fully saturated rings. The van der Waals surface area contributed by atoms with Crippen LogP contribution in [0.5, 0.6) is 0 Å². The van der Waals surface area contributed by atoms with Gasteiger partial charge in [-0.25, -0.2) is 14.0 Å². The van der Waals surface area contributed by atoms with Gasteiger partial charge in [0.05, 0.1) is 32.5 Å². The van der Waals surface area contributed by atoms with Gasteiger partial charge in [0.2, 0.25) is 0 Å². The van der Waals surface area contributed by atoms with E-state index in [0.717, 1.165) is 77.5 Å². The summed E-state index contributed by atoms with van der Waals surface area (Å²) in [5.41, 5.74) is 0.930. The number of halogens is 7. The fourth-order valence-electron chi connectivity index (χ4n) is 4.29. The average molecular weight is 593 g/mol. The molecule has 0 radical (unpaired) electrons. The Bertz CT molecular complexity index is 917. The van der Waals surface area contributed by atoms with Crippen LogP contribution in [0.15, 0.2) is 24.3 Å². The Balaban J connectivity index is 0.000000333. The van der Waals surface area contributed by atoms with Crippen molar-refractivity contribution in [3.05, 3.63) is 35.6 Å². The Kier molecular flexibility index (Phi) is 12.6. The van der Waals surface area contributed by atoms with E-state index in [2.05, 4.69) is 9.80 Å². The summed E-state index contributed by atoms with van der Waals surface area (Å²) in [5.74, 6) is -5.70. The summed E-state index contributed by atoms with van der Waals surface area (Å²) < 4.78 is 94.5. The van der Waals surface area contributed by atoms with Crippen molar-refractivity contribution >= 4 is 11.9 Å². The Morgan fingerprint density at radius 2 is 1.38 bits per heavy atom. The third-order valence-corrected chi connectivity index (χ3v) is 6.14. The maximum atomic E-state index is 13.1. The maximum absolute atomic E-state index is 13.1. The summed E-state index contributed by atoms with van der Waals surface area (Å²) in [6, 6.07) is 6.79. The lowest BCUT2D eigenvalue weighted by Crippen LogP contribution is -2.46. The topological polar surface area (TPSA) is 109 Å². The number of hydrogen-bond donors (Lipinski definition) is 2. The third kappa shape index (κ3) is 11.9. The van der Waals surface area contributed by atoms with E-state index in [-0.39, 0.29) is 17.5 Å². The van der Waals surface area contributed by atoms with Gasteiger partial charge in [-0.05, 0) is 30.5 Å². The standard InChI is InChI=1S/C20H29FN2O3.2C2HF3O2/c21-18-3-1-17(2-4-18)13-23-9-12-25-16-20(15-23)6-5-19(26-20)14-22-7-10-24-11-8-22;2*3-2(4,5)1(6)7/h1-4,19H,5-16H2;2*(H,6,7). The van der Waals surface area contributed by atoms with E-state index < -0.39 is 24.3 Å². The number of nitrogens with zero attached hydrogens (tertiary/aromatic N) is 2. The highest BCUT2D eigenvalue weighted by atomic mass is 19.4. The van der Waals surface area contributed by atoms with Crippen LogP contribution in [0.25, 0.3) is 0 Å². The summed E-state index contributed by atoms with van der Waals surface area (Å²) in [4.78, 5) is 22.6. The second-order valence-corrected chi connectivity index (χ2v) is 9.37. The van der Waals surface area contributed by atoms with Crippen molar-refractivity contribution < 1.29 is 64.7 Å². The molecule has 228 valence electrons. The Labute approximate surface area is 225 Å². The quantitative estimate of drug-likeness (QED) is 0.510. The predicted molar refractivity (Wildman–Crippen MR) is 124 cm³/mol. The van der Waals surface area contributed by atoms with Gasteiger partial charge >= 0.3 is 24.3 Å². The van der Waals surface area contributed by atoms with E-state index in [1.54, 1.807) is 0 Å². The Morgan fingerprint density at radius 3 is 1.90 bits per heavy atom. The van der Waals surface area contributed by atoms with Crippen molar-refractivity contribution in [3.8, 4) is 0 Å². The second-order valence-electron chi connectivity index (χ2n) is 9.37. The monoisotopic (exact) mass is 592 g/mol. The molecule has 1 aromatic carbocycles. The highest BCUT2D eigenvalue weighted by Gasteiger charge is 2.43. The first-order chi connectivity index (χ1) is 18.6. The molecule has 0 amide bonds. The van der Waals surface area contributed by atoms with E-state index >= 15 is 0 Å². The maximum Gasteiger partial charge on any atom is 0.490 e. The summed E-state index contributed by atoms with van der Waals surface area (Å²) in [6.45, 7) is 8.61. The van der Waals surface area contributed by atoms with Crippen molar-refractivity contribution in [3.63, 3.8) is 0 Å². The van der Waals surface area contributed by atoms with E-state index in [1.807, 2.05) is 12.1 Å². The number of morpholine rings is 1. The first-order valence-electron chi connectivity index (χ1n) is 12.2. The lowest BCUT2D eigenvalue weighted by molar-refractivity contribution is -0.193. The minimum absolute atomic E-state index is 0.186. The number of alkyl halides is 6. The number of carbonyl (C=O) groups is 2. The van der Waals surface area contributed by atoms with Crippen molar-refractivity contribution in [1.82, 2.24) is 9.80 Å². The molecular formula is C24H31F7N2O7. The Hall–Kier alpha value is -2.53. The van der Waals surface area contributed by atoms with Gasteiger partial charge in [-0.1, -0.05) is 12.1 Å². The smallest absolute Gasteiger partial charge is 0.475 e.